The second-order valence-corrected chi connectivity index (χ2v) is 8.80. The lowest BCUT2D eigenvalue weighted by Crippen LogP contribution is -2.51. The first-order chi connectivity index (χ1) is 10.4. The molecule has 3 nitrogen and oxygen atoms in total. The van der Waals surface area contributed by atoms with Crippen LogP contribution in [0.1, 0.15) is 65.2 Å². The van der Waals surface area contributed by atoms with Gasteiger partial charge in [-0.1, -0.05) is 33.1 Å². The molecule has 126 valence electrons. The summed E-state index contributed by atoms with van der Waals surface area (Å²) in [6.07, 6.45) is 8.74. The number of aliphatic imine (C=N–C) groups is 1. The van der Waals surface area contributed by atoms with E-state index in [0.29, 0.717) is 23.6 Å². The van der Waals surface area contributed by atoms with Crippen molar-refractivity contribution in [2.75, 3.05) is 0 Å². The maximum atomic E-state index is 11.4. The van der Waals surface area contributed by atoms with Crippen molar-refractivity contribution < 1.29 is 5.11 Å². The summed E-state index contributed by atoms with van der Waals surface area (Å²) in [6.45, 7) is 4.63. The molecule has 3 rings (SSSR count). The van der Waals surface area contributed by atoms with Crippen LogP contribution in [0.25, 0.3) is 0 Å². The van der Waals surface area contributed by atoms with E-state index in [1.54, 1.807) is 0 Å². The molecule has 0 amide bonds. The molecule has 22 heavy (non-hydrogen) atoms. The molecule has 1 heterocycles. The van der Waals surface area contributed by atoms with E-state index < -0.39 is 5.60 Å². The Morgan fingerprint density at radius 1 is 1.27 bits per heavy atom. The van der Waals surface area contributed by atoms with Crippen molar-refractivity contribution in [3.8, 4) is 0 Å². The van der Waals surface area contributed by atoms with E-state index in [4.69, 9.17) is 17.3 Å². The van der Waals surface area contributed by atoms with Crippen molar-refractivity contribution in [1.82, 2.24) is 0 Å². The Hall–Kier alpha value is -0.280. The predicted octanol–water partition coefficient (Wildman–Crippen LogP) is 3.72. The molecule has 0 aromatic heterocycles. The molecule has 3 N–H and O–H groups in total. The number of halogens is 1. The van der Waals surface area contributed by atoms with Gasteiger partial charge in [0.25, 0.3) is 0 Å². The number of hydrogen-bond donors (Lipinski definition) is 2. The van der Waals surface area contributed by atoms with Crippen molar-refractivity contribution in [1.29, 1.82) is 0 Å². The molecule has 2 aliphatic carbocycles. The highest BCUT2D eigenvalue weighted by Gasteiger charge is 2.53. The minimum absolute atomic E-state index is 0.137. The number of fused-ring (bicyclic) bond motifs is 1. The van der Waals surface area contributed by atoms with E-state index in [2.05, 4.69) is 18.8 Å². The third-order valence-electron chi connectivity index (χ3n) is 6.51. The first-order valence-electron chi connectivity index (χ1n) is 9.12. The lowest BCUT2D eigenvalue weighted by molar-refractivity contribution is -0.00580. The average molecular weight is 327 g/mol. The molecule has 0 aromatic carbocycles. The quantitative estimate of drug-likeness (QED) is 0.777. The fraction of sp³-hybridized carbons (Fsp3) is 0.944. The van der Waals surface area contributed by atoms with E-state index in [0.717, 1.165) is 25.7 Å². The van der Waals surface area contributed by atoms with E-state index in [-0.39, 0.29) is 17.3 Å². The van der Waals surface area contributed by atoms with Crippen molar-refractivity contribution >= 4 is 17.4 Å². The molecular formula is C18H31ClN2O. The number of aliphatic hydroxyl groups is 1. The highest BCUT2D eigenvalue weighted by Crippen LogP contribution is 2.47. The minimum atomic E-state index is -0.909. The number of rotatable bonds is 3. The fourth-order valence-electron chi connectivity index (χ4n) is 5.27. The molecule has 6 unspecified atom stereocenters. The number of amidine groups is 1. The van der Waals surface area contributed by atoms with Crippen LogP contribution in [0.3, 0.4) is 0 Å². The molecule has 6 atom stereocenters. The van der Waals surface area contributed by atoms with Gasteiger partial charge in [0.1, 0.15) is 11.4 Å². The fourth-order valence-corrected chi connectivity index (χ4v) is 5.59. The van der Waals surface area contributed by atoms with Crippen LogP contribution in [0.15, 0.2) is 4.99 Å². The Balaban J connectivity index is 1.78. The van der Waals surface area contributed by atoms with Gasteiger partial charge < -0.3 is 10.8 Å². The minimum Gasteiger partial charge on any atom is -0.385 e. The Morgan fingerprint density at radius 2 is 2.00 bits per heavy atom. The second kappa shape index (κ2) is 6.32. The zero-order valence-corrected chi connectivity index (χ0v) is 14.7. The topological polar surface area (TPSA) is 58.6 Å². The standard InChI is InChI=1S/C18H31ClN2O/c1-11(2)14-6-4-3-5-12(14)10-18(22)15-9-13(19)7-8-16(15)21-17(18)20/h11-16,22H,3-10H2,1-2H3,(H2,20,21). The zero-order valence-electron chi connectivity index (χ0n) is 14.0. The van der Waals surface area contributed by atoms with Crippen LogP contribution in [0.4, 0.5) is 0 Å². The molecule has 0 spiro atoms. The Morgan fingerprint density at radius 3 is 2.73 bits per heavy atom. The number of nitrogens with two attached hydrogens (primary N) is 1. The molecule has 2 fully saturated rings. The first-order valence-corrected chi connectivity index (χ1v) is 9.55. The van der Waals surface area contributed by atoms with Crippen LogP contribution < -0.4 is 5.73 Å². The summed E-state index contributed by atoms with van der Waals surface area (Å²) in [7, 11) is 0. The molecule has 0 aromatic rings. The smallest absolute Gasteiger partial charge is 0.127 e. The van der Waals surface area contributed by atoms with Crippen LogP contribution in [0.2, 0.25) is 0 Å². The molecule has 0 bridgehead atoms. The van der Waals surface area contributed by atoms with Gasteiger partial charge in [0.2, 0.25) is 0 Å². The van der Waals surface area contributed by atoms with Gasteiger partial charge in [-0.05, 0) is 49.9 Å². The van der Waals surface area contributed by atoms with Crippen LogP contribution in [0, 0.1) is 23.7 Å². The Bertz CT molecular complexity index is 439. The van der Waals surface area contributed by atoms with Gasteiger partial charge in [0.15, 0.2) is 0 Å². The summed E-state index contributed by atoms with van der Waals surface area (Å²) in [6, 6.07) is 0.195. The maximum Gasteiger partial charge on any atom is 0.127 e. The van der Waals surface area contributed by atoms with E-state index in [1.807, 2.05) is 0 Å². The Kier molecular flexibility index (Phi) is 4.76. The molecule has 1 aliphatic heterocycles. The van der Waals surface area contributed by atoms with Crippen molar-refractivity contribution in [3.63, 3.8) is 0 Å². The highest BCUT2D eigenvalue weighted by molar-refractivity contribution is 6.20. The van der Waals surface area contributed by atoms with Gasteiger partial charge in [-0.2, -0.15) is 0 Å². The summed E-state index contributed by atoms with van der Waals surface area (Å²) in [5, 5.41) is 11.6. The number of hydrogen-bond acceptors (Lipinski definition) is 3. The van der Waals surface area contributed by atoms with Crippen LogP contribution in [-0.2, 0) is 0 Å². The molecule has 3 aliphatic rings. The third-order valence-corrected chi connectivity index (χ3v) is 6.91. The Labute approximate surface area is 139 Å². The molecule has 2 saturated carbocycles. The molecule has 0 radical (unpaired) electrons. The first kappa shape index (κ1) is 16.6. The second-order valence-electron chi connectivity index (χ2n) is 8.18. The van der Waals surface area contributed by atoms with Gasteiger partial charge in [-0.3, -0.25) is 4.99 Å². The summed E-state index contributed by atoms with van der Waals surface area (Å²) in [5.41, 5.74) is 5.30. The summed E-state index contributed by atoms with van der Waals surface area (Å²) >= 11 is 6.38. The van der Waals surface area contributed by atoms with Gasteiger partial charge in [0, 0.05) is 11.3 Å². The predicted molar refractivity (Wildman–Crippen MR) is 92.2 cm³/mol. The molecule has 0 saturated heterocycles. The van der Waals surface area contributed by atoms with E-state index in [9.17, 15) is 5.11 Å². The van der Waals surface area contributed by atoms with Gasteiger partial charge in [0.05, 0.1) is 6.04 Å². The van der Waals surface area contributed by atoms with Gasteiger partial charge >= 0.3 is 0 Å². The molecule has 4 heteroatoms. The summed E-state index contributed by atoms with van der Waals surface area (Å²) in [4.78, 5) is 4.62. The monoisotopic (exact) mass is 326 g/mol. The van der Waals surface area contributed by atoms with Gasteiger partial charge in [-0.15, -0.1) is 11.6 Å². The summed E-state index contributed by atoms with van der Waals surface area (Å²) in [5.74, 6) is 2.58. The van der Waals surface area contributed by atoms with Crippen LogP contribution >= 0.6 is 11.6 Å². The summed E-state index contributed by atoms with van der Waals surface area (Å²) < 4.78 is 0. The van der Waals surface area contributed by atoms with Crippen molar-refractivity contribution in [2.45, 2.75) is 82.2 Å². The van der Waals surface area contributed by atoms with Crippen molar-refractivity contribution in [3.05, 3.63) is 0 Å². The van der Waals surface area contributed by atoms with Crippen LogP contribution in [-0.4, -0.2) is 28.0 Å². The average Bonchev–Trinajstić information content (AvgIpc) is 2.71. The zero-order chi connectivity index (χ0) is 15.9. The third kappa shape index (κ3) is 2.91. The number of alkyl halides is 1. The lowest BCUT2D eigenvalue weighted by Gasteiger charge is -2.42. The van der Waals surface area contributed by atoms with Crippen LogP contribution in [0.5, 0.6) is 0 Å². The number of nitrogens with zero attached hydrogens (tertiary/aromatic N) is 1. The molecular weight excluding hydrogens is 296 g/mol. The van der Waals surface area contributed by atoms with Gasteiger partial charge in [-0.25, -0.2) is 0 Å². The van der Waals surface area contributed by atoms with E-state index in [1.165, 1.54) is 25.7 Å². The SMILES string of the molecule is CC(C)C1CCCCC1CC1(O)C(N)=NC2CCC(Cl)CC21. The highest BCUT2D eigenvalue weighted by atomic mass is 35.5. The largest absolute Gasteiger partial charge is 0.385 e. The van der Waals surface area contributed by atoms with Crippen molar-refractivity contribution in [2.24, 2.45) is 34.4 Å². The van der Waals surface area contributed by atoms with E-state index >= 15 is 0 Å². The maximum absolute atomic E-state index is 11.4. The lowest BCUT2D eigenvalue weighted by atomic mass is 9.65. The normalized spacial score (nSPS) is 45.7.